The molecule has 0 aromatic carbocycles. The molecular formula is C18H32N2O4. The van der Waals surface area contributed by atoms with Crippen molar-refractivity contribution in [2.75, 3.05) is 0 Å². The van der Waals surface area contributed by atoms with E-state index in [1.807, 2.05) is 0 Å². The van der Waals surface area contributed by atoms with Crippen molar-refractivity contribution in [3.8, 4) is 0 Å². The molecule has 2 saturated carbocycles. The Bertz CT molecular complexity index is 502. The number of carbonyl (C=O) groups excluding carboxylic acids is 1. The first kappa shape index (κ1) is 19.2. The lowest BCUT2D eigenvalue weighted by atomic mass is 9.62. The molecule has 0 aromatic rings. The summed E-state index contributed by atoms with van der Waals surface area (Å²) < 4.78 is 0. The van der Waals surface area contributed by atoms with Crippen LogP contribution >= 0.6 is 0 Å². The summed E-state index contributed by atoms with van der Waals surface area (Å²) >= 11 is 0. The average molecular weight is 340 g/mol. The number of fused-ring (bicyclic) bond motifs is 2. The molecule has 1 amide bonds. The number of carbonyl (C=O) groups is 2. The Kier molecular flexibility index (Phi) is 5.31. The van der Waals surface area contributed by atoms with Crippen molar-refractivity contribution in [1.29, 1.82) is 0 Å². The number of amides is 1. The van der Waals surface area contributed by atoms with Gasteiger partial charge in [-0.15, -0.1) is 0 Å². The van der Waals surface area contributed by atoms with Gasteiger partial charge < -0.3 is 21.3 Å². The Morgan fingerprint density at radius 3 is 2.46 bits per heavy atom. The number of hydrogen-bond acceptors (Lipinski definition) is 4. The minimum absolute atomic E-state index is 0.206. The number of nitrogens with two attached hydrogens (primary N) is 1. The molecule has 6 atom stereocenters. The van der Waals surface area contributed by atoms with Crippen molar-refractivity contribution in [1.82, 2.24) is 5.32 Å². The van der Waals surface area contributed by atoms with E-state index >= 15 is 0 Å². The van der Waals surface area contributed by atoms with Gasteiger partial charge in [0.1, 0.15) is 0 Å². The summed E-state index contributed by atoms with van der Waals surface area (Å²) in [6.45, 7) is 8.67. The quantitative estimate of drug-likeness (QED) is 0.561. The average Bonchev–Trinajstić information content (AvgIpc) is 2.93. The minimum atomic E-state index is -1.11. The van der Waals surface area contributed by atoms with Gasteiger partial charge in [0, 0.05) is 0 Å². The number of aliphatic hydroxyl groups is 1. The highest BCUT2D eigenvalue weighted by Crippen LogP contribution is 2.67. The lowest BCUT2D eigenvalue weighted by Gasteiger charge is -2.44. The maximum atomic E-state index is 11.9. The van der Waals surface area contributed by atoms with E-state index in [1.54, 1.807) is 6.92 Å². The van der Waals surface area contributed by atoms with E-state index in [9.17, 15) is 14.7 Å². The molecule has 0 unspecified atom stereocenters. The monoisotopic (exact) mass is 340 g/mol. The van der Waals surface area contributed by atoms with Crippen molar-refractivity contribution in [3.05, 3.63) is 0 Å². The predicted molar refractivity (Wildman–Crippen MR) is 91.2 cm³/mol. The predicted octanol–water partition coefficient (Wildman–Crippen LogP) is 1.51. The molecule has 24 heavy (non-hydrogen) atoms. The summed E-state index contributed by atoms with van der Waals surface area (Å²) in [6.07, 6.45) is 3.28. The van der Waals surface area contributed by atoms with Crippen molar-refractivity contribution < 1.29 is 19.8 Å². The zero-order valence-corrected chi connectivity index (χ0v) is 15.2. The first-order chi connectivity index (χ1) is 11.0. The van der Waals surface area contributed by atoms with Crippen LogP contribution in [0.25, 0.3) is 0 Å². The molecule has 2 bridgehead atoms. The molecule has 0 spiro atoms. The maximum absolute atomic E-state index is 11.9. The maximum Gasteiger partial charge on any atom is 0.305 e. The Morgan fingerprint density at radius 2 is 1.96 bits per heavy atom. The third kappa shape index (κ3) is 3.59. The second kappa shape index (κ2) is 6.64. The molecule has 6 nitrogen and oxygen atoms in total. The van der Waals surface area contributed by atoms with Gasteiger partial charge in [-0.05, 0) is 55.3 Å². The zero-order chi connectivity index (χ0) is 18.3. The molecular weight excluding hydrogens is 308 g/mol. The van der Waals surface area contributed by atoms with Crippen LogP contribution in [-0.4, -0.2) is 40.3 Å². The molecule has 2 aliphatic carbocycles. The smallest absolute Gasteiger partial charge is 0.305 e. The second-order valence-corrected chi connectivity index (χ2v) is 8.77. The fraction of sp³-hybridized carbons (Fsp3) is 0.889. The molecule has 6 heteroatoms. The molecule has 0 saturated heterocycles. The lowest BCUT2D eigenvalue weighted by molar-refractivity contribution is -0.139. The summed E-state index contributed by atoms with van der Waals surface area (Å²) in [6, 6.07) is -1.54. The van der Waals surface area contributed by atoms with Crippen molar-refractivity contribution in [2.45, 2.75) is 78.0 Å². The molecule has 0 radical (unpaired) electrons. The van der Waals surface area contributed by atoms with Gasteiger partial charge in [0.05, 0.1) is 24.6 Å². The Hall–Kier alpha value is -1.14. The Balaban J connectivity index is 1.93. The number of carboxylic acids is 1. The van der Waals surface area contributed by atoms with Crippen LogP contribution in [0.4, 0.5) is 0 Å². The van der Waals surface area contributed by atoms with E-state index in [2.05, 4.69) is 26.1 Å². The summed E-state index contributed by atoms with van der Waals surface area (Å²) in [5, 5.41) is 22.0. The van der Waals surface area contributed by atoms with Gasteiger partial charge in [-0.1, -0.05) is 20.8 Å². The molecule has 2 rings (SSSR count). The van der Waals surface area contributed by atoms with Crippen LogP contribution in [0, 0.1) is 22.7 Å². The van der Waals surface area contributed by atoms with Crippen LogP contribution in [0.15, 0.2) is 0 Å². The van der Waals surface area contributed by atoms with Crippen LogP contribution in [0.3, 0.4) is 0 Å². The van der Waals surface area contributed by atoms with E-state index in [-0.39, 0.29) is 10.8 Å². The van der Waals surface area contributed by atoms with E-state index in [1.165, 1.54) is 19.3 Å². The lowest BCUT2D eigenvalue weighted by Crippen LogP contribution is -2.50. The highest BCUT2D eigenvalue weighted by atomic mass is 16.4. The number of hydrogen-bond donors (Lipinski definition) is 4. The van der Waals surface area contributed by atoms with Crippen molar-refractivity contribution in [2.24, 2.45) is 28.4 Å². The van der Waals surface area contributed by atoms with E-state index < -0.39 is 36.5 Å². The zero-order valence-electron chi connectivity index (χ0n) is 15.2. The summed E-state index contributed by atoms with van der Waals surface area (Å²) in [4.78, 5) is 22.6. The standard InChI is InChI=1S/C18H32N2O4/c1-10(20-16(24)12(19)7-15(22)23)13(21)8-14-17(2,3)11-5-6-18(14,4)9-11/h10-14,21H,5-9,19H2,1-4H3,(H,20,24)(H,22,23)/t10-,11-,12+,13+,14-,18+/m1/s1. The highest BCUT2D eigenvalue weighted by molar-refractivity contribution is 5.86. The second-order valence-electron chi connectivity index (χ2n) is 8.77. The van der Waals surface area contributed by atoms with Gasteiger partial charge in [0.25, 0.3) is 0 Å². The van der Waals surface area contributed by atoms with Gasteiger partial charge >= 0.3 is 5.97 Å². The van der Waals surface area contributed by atoms with E-state index in [4.69, 9.17) is 10.8 Å². The van der Waals surface area contributed by atoms with Crippen LogP contribution in [-0.2, 0) is 9.59 Å². The van der Waals surface area contributed by atoms with Crippen LogP contribution in [0.5, 0.6) is 0 Å². The highest BCUT2D eigenvalue weighted by Gasteiger charge is 2.59. The van der Waals surface area contributed by atoms with Crippen LogP contribution in [0.2, 0.25) is 0 Å². The molecule has 0 heterocycles. The number of carboxylic acid groups (broad SMARTS) is 1. The summed E-state index contributed by atoms with van der Waals surface area (Å²) in [5.74, 6) is -0.496. The fourth-order valence-electron chi connectivity index (χ4n) is 5.15. The molecule has 0 aliphatic heterocycles. The summed E-state index contributed by atoms with van der Waals surface area (Å²) in [7, 11) is 0. The number of nitrogens with one attached hydrogen (secondary N) is 1. The van der Waals surface area contributed by atoms with E-state index in [0.717, 1.165) is 0 Å². The molecule has 2 fully saturated rings. The number of aliphatic hydroxyl groups excluding tert-OH is 1. The largest absolute Gasteiger partial charge is 0.481 e. The molecule has 0 aromatic heterocycles. The number of rotatable bonds is 7. The van der Waals surface area contributed by atoms with Crippen LogP contribution < -0.4 is 11.1 Å². The van der Waals surface area contributed by atoms with Gasteiger partial charge in [-0.2, -0.15) is 0 Å². The number of aliphatic carboxylic acids is 1. The minimum Gasteiger partial charge on any atom is -0.481 e. The first-order valence-electron chi connectivity index (χ1n) is 8.93. The van der Waals surface area contributed by atoms with E-state index in [0.29, 0.717) is 18.3 Å². The normalized spacial score (nSPS) is 34.6. The van der Waals surface area contributed by atoms with Crippen molar-refractivity contribution in [3.63, 3.8) is 0 Å². The summed E-state index contributed by atoms with van der Waals surface area (Å²) in [5.41, 5.74) is 6.05. The van der Waals surface area contributed by atoms with Gasteiger partial charge in [-0.25, -0.2) is 0 Å². The Labute approximate surface area is 144 Å². The molecule has 2 aliphatic rings. The fourth-order valence-corrected chi connectivity index (χ4v) is 5.15. The first-order valence-corrected chi connectivity index (χ1v) is 8.93. The van der Waals surface area contributed by atoms with Gasteiger partial charge in [0.2, 0.25) is 5.91 Å². The van der Waals surface area contributed by atoms with Gasteiger partial charge in [0.15, 0.2) is 0 Å². The third-order valence-electron chi connectivity index (χ3n) is 6.72. The topological polar surface area (TPSA) is 113 Å². The Morgan fingerprint density at radius 1 is 1.33 bits per heavy atom. The SMILES string of the molecule is C[C@@H](NC(=O)[C@@H](N)CC(=O)O)[C@@H](O)C[C@@H]1C(C)(C)[C@@H]2CC[C@@]1(C)C2. The molecule has 5 N–H and O–H groups in total. The van der Waals surface area contributed by atoms with Crippen LogP contribution in [0.1, 0.15) is 59.8 Å². The third-order valence-corrected chi connectivity index (χ3v) is 6.72. The molecule has 138 valence electrons. The van der Waals surface area contributed by atoms with Crippen molar-refractivity contribution >= 4 is 11.9 Å². The van der Waals surface area contributed by atoms with Gasteiger partial charge in [-0.3, -0.25) is 9.59 Å².